The summed E-state index contributed by atoms with van der Waals surface area (Å²) < 4.78 is 0. The first kappa shape index (κ1) is 9.95. The molecule has 1 atom stereocenters. The van der Waals surface area contributed by atoms with Crippen LogP contribution in [0.2, 0.25) is 0 Å². The predicted octanol–water partition coefficient (Wildman–Crippen LogP) is 2.13. The molecule has 0 fully saturated rings. The number of hydrogen-bond donors (Lipinski definition) is 1. The van der Waals surface area contributed by atoms with Crippen LogP contribution in [0.15, 0.2) is 0 Å². The van der Waals surface area contributed by atoms with Crippen LogP contribution in [0.25, 0.3) is 0 Å². The molecule has 0 aliphatic rings. The first-order chi connectivity index (χ1) is 4.42. The lowest BCUT2D eigenvalue weighted by atomic mass is 9.81. The van der Waals surface area contributed by atoms with Crippen LogP contribution >= 0.6 is 15.9 Å². The number of hydrogen-bond acceptors (Lipinski definition) is 1. The molecule has 0 aromatic carbocycles. The summed E-state index contributed by atoms with van der Waals surface area (Å²) in [5, 5.41) is 9.45. The van der Waals surface area contributed by atoms with Crippen LogP contribution in [-0.2, 0) is 4.79 Å². The van der Waals surface area contributed by atoms with Crippen LogP contribution in [0, 0.1) is 11.3 Å². The Bertz CT molecular complexity index is 132. The van der Waals surface area contributed by atoms with E-state index in [4.69, 9.17) is 5.11 Å². The summed E-state index contributed by atoms with van der Waals surface area (Å²) in [5.41, 5.74) is -0.622. The standard InChI is InChI=1S/C7H13BrO2/c1-5(4-8)7(2,3)6(9)10/h5H,4H2,1-3H3,(H,9,10). The van der Waals surface area contributed by atoms with E-state index < -0.39 is 11.4 Å². The molecule has 0 rings (SSSR count). The van der Waals surface area contributed by atoms with Gasteiger partial charge in [0.2, 0.25) is 0 Å². The summed E-state index contributed by atoms with van der Waals surface area (Å²) >= 11 is 3.26. The fourth-order valence-corrected chi connectivity index (χ4v) is 1.21. The fraction of sp³-hybridized carbons (Fsp3) is 0.857. The van der Waals surface area contributed by atoms with Gasteiger partial charge in [-0.15, -0.1) is 0 Å². The Labute approximate surface area is 69.8 Å². The van der Waals surface area contributed by atoms with E-state index in [2.05, 4.69) is 15.9 Å². The van der Waals surface area contributed by atoms with Crippen molar-refractivity contribution in [1.82, 2.24) is 0 Å². The van der Waals surface area contributed by atoms with E-state index in [9.17, 15) is 4.79 Å². The SMILES string of the molecule is CC(CBr)C(C)(C)C(=O)O. The Morgan fingerprint density at radius 2 is 2.10 bits per heavy atom. The molecule has 0 radical (unpaired) electrons. The molecule has 60 valence electrons. The molecule has 0 aliphatic heterocycles. The van der Waals surface area contributed by atoms with Crippen molar-refractivity contribution in [2.45, 2.75) is 20.8 Å². The van der Waals surface area contributed by atoms with Crippen molar-refractivity contribution < 1.29 is 9.90 Å². The minimum absolute atomic E-state index is 0.157. The molecule has 1 unspecified atom stereocenters. The Kier molecular flexibility index (Phi) is 3.36. The maximum absolute atomic E-state index is 10.6. The third-order valence-electron chi connectivity index (χ3n) is 2.01. The number of halogens is 1. The maximum atomic E-state index is 10.6. The zero-order valence-corrected chi connectivity index (χ0v) is 8.10. The first-order valence-electron chi connectivity index (χ1n) is 3.22. The van der Waals surface area contributed by atoms with Crippen molar-refractivity contribution in [2.75, 3.05) is 5.33 Å². The number of carbonyl (C=O) groups is 1. The summed E-state index contributed by atoms with van der Waals surface area (Å²) in [6.45, 7) is 5.39. The van der Waals surface area contributed by atoms with Crippen molar-refractivity contribution in [3.05, 3.63) is 0 Å². The lowest BCUT2D eigenvalue weighted by Gasteiger charge is -2.24. The molecule has 2 nitrogen and oxygen atoms in total. The summed E-state index contributed by atoms with van der Waals surface area (Å²) in [5.74, 6) is -0.579. The lowest BCUT2D eigenvalue weighted by molar-refractivity contribution is -0.149. The van der Waals surface area contributed by atoms with Gasteiger partial charge in [-0.1, -0.05) is 22.9 Å². The average molecular weight is 209 g/mol. The van der Waals surface area contributed by atoms with Crippen LogP contribution < -0.4 is 0 Å². The monoisotopic (exact) mass is 208 g/mol. The van der Waals surface area contributed by atoms with Gasteiger partial charge >= 0.3 is 5.97 Å². The zero-order valence-electron chi connectivity index (χ0n) is 6.52. The molecule has 0 amide bonds. The number of carboxylic acid groups (broad SMARTS) is 1. The van der Waals surface area contributed by atoms with Crippen molar-refractivity contribution in [3.8, 4) is 0 Å². The summed E-state index contributed by atoms with van der Waals surface area (Å²) in [4.78, 5) is 10.6. The highest BCUT2D eigenvalue weighted by molar-refractivity contribution is 9.09. The van der Waals surface area contributed by atoms with E-state index in [1.54, 1.807) is 13.8 Å². The second kappa shape index (κ2) is 3.37. The number of carboxylic acids is 1. The molecule has 0 aromatic rings. The Morgan fingerprint density at radius 3 is 2.20 bits per heavy atom. The van der Waals surface area contributed by atoms with Gasteiger partial charge in [0.25, 0.3) is 0 Å². The smallest absolute Gasteiger partial charge is 0.309 e. The van der Waals surface area contributed by atoms with Crippen molar-refractivity contribution >= 4 is 21.9 Å². The largest absolute Gasteiger partial charge is 0.481 e. The Balaban J connectivity index is 4.23. The van der Waals surface area contributed by atoms with Gasteiger partial charge < -0.3 is 5.11 Å². The van der Waals surface area contributed by atoms with Crippen LogP contribution in [0.3, 0.4) is 0 Å². The number of rotatable bonds is 3. The van der Waals surface area contributed by atoms with Gasteiger partial charge in [-0.3, -0.25) is 4.79 Å². The van der Waals surface area contributed by atoms with E-state index in [0.717, 1.165) is 5.33 Å². The summed E-state index contributed by atoms with van der Waals surface area (Å²) in [7, 11) is 0. The van der Waals surface area contributed by atoms with Gasteiger partial charge in [0, 0.05) is 5.33 Å². The summed E-state index contributed by atoms with van der Waals surface area (Å²) in [6, 6.07) is 0. The van der Waals surface area contributed by atoms with Crippen molar-refractivity contribution in [1.29, 1.82) is 0 Å². The topological polar surface area (TPSA) is 37.3 Å². The molecule has 1 N–H and O–H groups in total. The number of alkyl halides is 1. The van der Waals surface area contributed by atoms with Crippen molar-refractivity contribution in [2.24, 2.45) is 11.3 Å². The molecule has 0 spiro atoms. The third kappa shape index (κ3) is 1.97. The highest BCUT2D eigenvalue weighted by Gasteiger charge is 2.32. The fourth-order valence-electron chi connectivity index (χ4n) is 0.404. The highest BCUT2D eigenvalue weighted by Crippen LogP contribution is 2.27. The van der Waals surface area contributed by atoms with E-state index in [0.29, 0.717) is 0 Å². The van der Waals surface area contributed by atoms with E-state index >= 15 is 0 Å². The molecule has 0 bridgehead atoms. The van der Waals surface area contributed by atoms with Crippen molar-refractivity contribution in [3.63, 3.8) is 0 Å². The maximum Gasteiger partial charge on any atom is 0.309 e. The zero-order chi connectivity index (χ0) is 8.36. The molecule has 3 heteroatoms. The third-order valence-corrected chi connectivity index (χ3v) is 2.99. The second-order valence-electron chi connectivity index (χ2n) is 3.08. The van der Waals surface area contributed by atoms with Gasteiger partial charge in [-0.25, -0.2) is 0 Å². The molecule has 0 aromatic heterocycles. The first-order valence-corrected chi connectivity index (χ1v) is 4.34. The average Bonchev–Trinajstić information content (AvgIpc) is 1.86. The lowest BCUT2D eigenvalue weighted by Crippen LogP contribution is -2.31. The Hall–Kier alpha value is -0.0500. The normalized spacial score (nSPS) is 14.8. The van der Waals surface area contributed by atoms with Gasteiger partial charge in [-0.2, -0.15) is 0 Å². The molecular formula is C7H13BrO2. The van der Waals surface area contributed by atoms with E-state index in [1.807, 2.05) is 6.92 Å². The molecule has 0 saturated carbocycles. The molecular weight excluding hydrogens is 196 g/mol. The molecule has 0 saturated heterocycles. The van der Waals surface area contributed by atoms with Gasteiger partial charge in [0.05, 0.1) is 5.41 Å². The number of aliphatic carboxylic acids is 1. The minimum Gasteiger partial charge on any atom is -0.481 e. The summed E-state index contributed by atoms with van der Waals surface area (Å²) in [6.07, 6.45) is 0. The van der Waals surface area contributed by atoms with Crippen LogP contribution in [0.4, 0.5) is 0 Å². The van der Waals surface area contributed by atoms with Crippen LogP contribution in [0.5, 0.6) is 0 Å². The van der Waals surface area contributed by atoms with E-state index in [-0.39, 0.29) is 5.92 Å². The minimum atomic E-state index is -0.737. The quantitative estimate of drug-likeness (QED) is 0.723. The van der Waals surface area contributed by atoms with E-state index in [1.165, 1.54) is 0 Å². The van der Waals surface area contributed by atoms with Gasteiger partial charge in [-0.05, 0) is 19.8 Å². The van der Waals surface area contributed by atoms with Crippen LogP contribution in [-0.4, -0.2) is 16.4 Å². The Morgan fingerprint density at radius 1 is 1.70 bits per heavy atom. The molecule has 0 aliphatic carbocycles. The predicted molar refractivity (Wildman–Crippen MR) is 44.4 cm³/mol. The molecule has 0 heterocycles. The second-order valence-corrected chi connectivity index (χ2v) is 3.73. The van der Waals surface area contributed by atoms with Gasteiger partial charge in [0.15, 0.2) is 0 Å². The molecule has 10 heavy (non-hydrogen) atoms. The highest BCUT2D eigenvalue weighted by atomic mass is 79.9. The van der Waals surface area contributed by atoms with Gasteiger partial charge in [0.1, 0.15) is 0 Å². The van der Waals surface area contributed by atoms with Crippen LogP contribution in [0.1, 0.15) is 20.8 Å².